The molecular weight excluding hydrogens is 188 g/mol. The van der Waals surface area contributed by atoms with E-state index in [0.717, 1.165) is 22.5 Å². The van der Waals surface area contributed by atoms with E-state index >= 15 is 0 Å². The first kappa shape index (κ1) is 9.58. The summed E-state index contributed by atoms with van der Waals surface area (Å²) in [5, 5.41) is 0.946. The van der Waals surface area contributed by atoms with Gasteiger partial charge in [-0.3, -0.25) is 4.99 Å². The van der Waals surface area contributed by atoms with Crippen molar-refractivity contribution in [1.29, 1.82) is 0 Å². The lowest BCUT2D eigenvalue weighted by atomic mass is 10.3. The highest BCUT2D eigenvalue weighted by molar-refractivity contribution is 5.90. The van der Waals surface area contributed by atoms with Crippen molar-refractivity contribution in [1.82, 2.24) is 15.0 Å². The number of H-pyrrole nitrogens is 1. The number of fused-ring (bicyclic) bond motifs is 1. The summed E-state index contributed by atoms with van der Waals surface area (Å²) in [4.78, 5) is 15.8. The average molecular weight is 200 g/mol. The topological polar surface area (TPSA) is 53.9 Å². The van der Waals surface area contributed by atoms with Gasteiger partial charge >= 0.3 is 0 Å². The van der Waals surface area contributed by atoms with Crippen LogP contribution in [0.5, 0.6) is 0 Å². The van der Waals surface area contributed by atoms with Gasteiger partial charge in [-0.05, 0) is 19.9 Å². The van der Waals surface area contributed by atoms with Gasteiger partial charge in [0.05, 0.1) is 11.1 Å². The minimum absolute atomic E-state index is 0.758. The molecular formula is C11H12N4. The Morgan fingerprint density at radius 3 is 3.13 bits per heavy atom. The monoisotopic (exact) mass is 200 g/mol. The summed E-state index contributed by atoms with van der Waals surface area (Å²) < 4.78 is 0. The molecule has 0 saturated carbocycles. The third-order valence-corrected chi connectivity index (χ3v) is 2.02. The molecule has 1 N–H and O–H groups in total. The highest BCUT2D eigenvalue weighted by Crippen LogP contribution is 2.22. The molecule has 0 saturated heterocycles. The Bertz CT molecular complexity index is 522. The van der Waals surface area contributed by atoms with Crippen molar-refractivity contribution in [2.45, 2.75) is 13.8 Å². The van der Waals surface area contributed by atoms with E-state index < -0.39 is 0 Å². The Morgan fingerprint density at radius 1 is 1.47 bits per heavy atom. The number of aromatic nitrogens is 3. The molecule has 0 bridgehead atoms. The second kappa shape index (κ2) is 4.04. The number of hydrogen-bond donors (Lipinski definition) is 1. The normalized spacial score (nSPS) is 12.1. The van der Waals surface area contributed by atoms with Crippen LogP contribution < -0.4 is 0 Å². The number of allylic oxidation sites excluding steroid dienone is 2. The van der Waals surface area contributed by atoms with Crippen LogP contribution in [-0.4, -0.2) is 21.2 Å². The number of nitrogens with zero attached hydrogens (tertiary/aromatic N) is 3. The van der Waals surface area contributed by atoms with Crippen molar-refractivity contribution >= 4 is 22.9 Å². The molecule has 0 radical (unpaired) electrons. The molecule has 2 aromatic heterocycles. The van der Waals surface area contributed by atoms with E-state index in [1.54, 1.807) is 12.4 Å². The molecule has 4 nitrogen and oxygen atoms in total. The first-order chi connectivity index (χ1) is 7.31. The predicted molar refractivity (Wildman–Crippen MR) is 61.6 cm³/mol. The Hall–Kier alpha value is -1.97. The van der Waals surface area contributed by atoms with E-state index in [4.69, 9.17) is 0 Å². The summed E-state index contributed by atoms with van der Waals surface area (Å²) in [7, 11) is 0. The second-order valence-corrected chi connectivity index (χ2v) is 3.16. The van der Waals surface area contributed by atoms with Crippen LogP contribution in [0.15, 0.2) is 29.5 Å². The lowest BCUT2D eigenvalue weighted by Gasteiger charge is -1.91. The molecule has 0 fully saturated rings. The summed E-state index contributed by atoms with van der Waals surface area (Å²) in [6.45, 7) is 3.82. The maximum Gasteiger partial charge on any atom is 0.143 e. The largest absolute Gasteiger partial charge is 0.344 e. The minimum Gasteiger partial charge on any atom is -0.344 e. The third-order valence-electron chi connectivity index (χ3n) is 2.02. The van der Waals surface area contributed by atoms with E-state index in [9.17, 15) is 0 Å². The van der Waals surface area contributed by atoms with Crippen LogP contribution in [0, 0.1) is 6.92 Å². The van der Waals surface area contributed by atoms with Gasteiger partial charge in [0.1, 0.15) is 11.5 Å². The Labute approximate surface area is 87.8 Å². The van der Waals surface area contributed by atoms with E-state index in [1.165, 1.54) is 0 Å². The Morgan fingerprint density at radius 2 is 2.33 bits per heavy atom. The van der Waals surface area contributed by atoms with Crippen molar-refractivity contribution in [3.05, 3.63) is 30.4 Å². The fourth-order valence-electron chi connectivity index (χ4n) is 1.30. The zero-order valence-electron chi connectivity index (χ0n) is 8.73. The van der Waals surface area contributed by atoms with Gasteiger partial charge in [0.25, 0.3) is 0 Å². The number of rotatable bonds is 2. The quantitative estimate of drug-likeness (QED) is 0.757. The molecule has 76 valence electrons. The number of aromatic amines is 1. The summed E-state index contributed by atoms with van der Waals surface area (Å²) in [6, 6.07) is 0. The molecule has 4 heteroatoms. The first-order valence-corrected chi connectivity index (χ1v) is 4.77. The van der Waals surface area contributed by atoms with E-state index in [0.29, 0.717) is 0 Å². The molecule has 15 heavy (non-hydrogen) atoms. The van der Waals surface area contributed by atoms with Gasteiger partial charge in [-0.2, -0.15) is 0 Å². The molecule has 0 aliphatic carbocycles. The summed E-state index contributed by atoms with van der Waals surface area (Å²) in [5.41, 5.74) is 1.69. The van der Waals surface area contributed by atoms with Crippen LogP contribution in [-0.2, 0) is 0 Å². The van der Waals surface area contributed by atoms with Crippen LogP contribution in [0.25, 0.3) is 11.0 Å². The van der Waals surface area contributed by atoms with Crippen molar-refractivity contribution < 1.29 is 0 Å². The Balaban J connectivity index is 2.45. The van der Waals surface area contributed by atoms with Gasteiger partial charge in [-0.15, -0.1) is 0 Å². The minimum atomic E-state index is 0.758. The maximum atomic E-state index is 4.29. The Kier molecular flexibility index (Phi) is 2.58. The smallest absolute Gasteiger partial charge is 0.143 e. The molecule has 2 rings (SSSR count). The maximum absolute atomic E-state index is 4.29. The van der Waals surface area contributed by atoms with Crippen LogP contribution in [0.1, 0.15) is 12.7 Å². The van der Waals surface area contributed by atoms with Crippen LogP contribution in [0.4, 0.5) is 5.69 Å². The average Bonchev–Trinajstić information content (AvgIpc) is 2.61. The fourth-order valence-corrected chi connectivity index (χ4v) is 1.30. The van der Waals surface area contributed by atoms with Gasteiger partial charge in [0.2, 0.25) is 0 Å². The standard InChI is InChI=1S/C11H12N4/c1-3-4-5-12-10-7-14-11-9(10)6-13-8(2)15-11/h3-7H,1-2H3,(H,13,14,15)/b4-3-,12-5?. The van der Waals surface area contributed by atoms with Gasteiger partial charge in [0, 0.05) is 18.6 Å². The summed E-state index contributed by atoms with van der Waals surface area (Å²) in [5.74, 6) is 0.758. The van der Waals surface area contributed by atoms with Crippen LogP contribution in [0.2, 0.25) is 0 Å². The highest BCUT2D eigenvalue weighted by Gasteiger charge is 2.02. The first-order valence-electron chi connectivity index (χ1n) is 4.77. The van der Waals surface area contributed by atoms with Gasteiger partial charge < -0.3 is 4.98 Å². The zero-order chi connectivity index (χ0) is 10.7. The second-order valence-electron chi connectivity index (χ2n) is 3.16. The summed E-state index contributed by atoms with van der Waals surface area (Å²) in [6.07, 6.45) is 9.19. The van der Waals surface area contributed by atoms with Gasteiger partial charge in [-0.1, -0.05) is 6.08 Å². The molecule has 2 heterocycles. The number of aryl methyl sites for hydroxylation is 1. The molecule has 2 aromatic rings. The SMILES string of the molecule is C/C=C\C=Nc1c[nH]c2nc(C)ncc12. The van der Waals surface area contributed by atoms with Gasteiger partial charge in [0.15, 0.2) is 0 Å². The van der Waals surface area contributed by atoms with Crippen LogP contribution in [0.3, 0.4) is 0 Å². The van der Waals surface area contributed by atoms with Crippen molar-refractivity contribution in [3.63, 3.8) is 0 Å². The molecule has 0 aromatic carbocycles. The number of hydrogen-bond acceptors (Lipinski definition) is 3. The third kappa shape index (κ3) is 1.93. The van der Waals surface area contributed by atoms with E-state index in [-0.39, 0.29) is 0 Å². The molecule has 0 unspecified atom stereocenters. The van der Waals surface area contributed by atoms with Crippen molar-refractivity contribution in [2.24, 2.45) is 4.99 Å². The molecule has 0 amide bonds. The molecule has 0 aliphatic heterocycles. The number of nitrogens with one attached hydrogen (secondary N) is 1. The predicted octanol–water partition coefficient (Wildman–Crippen LogP) is 2.54. The fraction of sp³-hybridized carbons (Fsp3) is 0.182. The molecule has 0 aliphatic rings. The van der Waals surface area contributed by atoms with Gasteiger partial charge in [-0.25, -0.2) is 9.97 Å². The van der Waals surface area contributed by atoms with Crippen LogP contribution >= 0.6 is 0 Å². The lowest BCUT2D eigenvalue weighted by Crippen LogP contribution is -1.85. The van der Waals surface area contributed by atoms with E-state index in [1.807, 2.05) is 32.2 Å². The zero-order valence-corrected chi connectivity index (χ0v) is 8.73. The van der Waals surface area contributed by atoms with Crippen molar-refractivity contribution in [3.8, 4) is 0 Å². The lowest BCUT2D eigenvalue weighted by molar-refractivity contribution is 1.08. The van der Waals surface area contributed by atoms with E-state index in [2.05, 4.69) is 19.9 Å². The number of aliphatic imine (C=N–C) groups is 1. The van der Waals surface area contributed by atoms with Crippen molar-refractivity contribution in [2.75, 3.05) is 0 Å². The highest BCUT2D eigenvalue weighted by atomic mass is 14.9. The molecule has 0 atom stereocenters. The summed E-state index contributed by atoms with van der Waals surface area (Å²) >= 11 is 0. The molecule has 0 spiro atoms.